The number of rotatable bonds is 1. The molecule has 0 spiro atoms. The molecule has 18 heavy (non-hydrogen) atoms. The van der Waals surface area contributed by atoms with Crippen molar-refractivity contribution in [2.24, 2.45) is 5.92 Å². The van der Waals surface area contributed by atoms with Gasteiger partial charge in [0.2, 0.25) is 0 Å². The lowest BCUT2D eigenvalue weighted by molar-refractivity contribution is -0.901. The van der Waals surface area contributed by atoms with Crippen LogP contribution in [0.3, 0.4) is 0 Å². The molecule has 1 fully saturated rings. The summed E-state index contributed by atoms with van der Waals surface area (Å²) < 4.78 is 0. The van der Waals surface area contributed by atoms with Gasteiger partial charge in [0.25, 0.3) is 0 Å². The van der Waals surface area contributed by atoms with Crippen molar-refractivity contribution < 1.29 is 17.3 Å². The highest BCUT2D eigenvalue weighted by molar-refractivity contribution is 6.31. The van der Waals surface area contributed by atoms with Gasteiger partial charge in [0.05, 0.1) is 18.1 Å². The highest BCUT2D eigenvalue weighted by Crippen LogP contribution is 2.12. The van der Waals surface area contributed by atoms with E-state index >= 15 is 0 Å². The van der Waals surface area contributed by atoms with Crippen LogP contribution in [0.25, 0.3) is 0 Å². The third kappa shape index (κ3) is 4.53. The summed E-state index contributed by atoms with van der Waals surface area (Å²) in [6.45, 7) is 5.80. The van der Waals surface area contributed by atoms with Crippen LogP contribution in [-0.2, 0) is 0 Å². The average Bonchev–Trinajstić information content (AvgIpc) is 2.32. The molecular formula is C15H19Cl2N. The summed E-state index contributed by atoms with van der Waals surface area (Å²) in [5.74, 6) is 7.28. The number of nitrogens with one attached hydrogen (secondary N) is 1. The van der Waals surface area contributed by atoms with Crippen molar-refractivity contribution in [3.63, 3.8) is 0 Å². The minimum absolute atomic E-state index is 0. The van der Waals surface area contributed by atoms with Crippen molar-refractivity contribution in [1.29, 1.82) is 0 Å². The van der Waals surface area contributed by atoms with Gasteiger partial charge >= 0.3 is 0 Å². The van der Waals surface area contributed by atoms with Gasteiger partial charge in [0.15, 0.2) is 0 Å². The number of benzene rings is 1. The third-order valence-corrected chi connectivity index (χ3v) is 3.63. The summed E-state index contributed by atoms with van der Waals surface area (Å²) in [6.07, 6.45) is 2.71. The Hall–Kier alpha value is -0.680. The average molecular weight is 284 g/mol. The van der Waals surface area contributed by atoms with Gasteiger partial charge < -0.3 is 17.3 Å². The molecule has 1 heterocycles. The molecule has 2 unspecified atom stereocenters. The van der Waals surface area contributed by atoms with Crippen molar-refractivity contribution in [3.8, 4) is 11.8 Å². The van der Waals surface area contributed by atoms with Crippen LogP contribution in [0.5, 0.6) is 0 Å². The molecule has 1 aromatic carbocycles. The fraction of sp³-hybridized carbons (Fsp3) is 0.467. The smallest absolute Gasteiger partial charge is 0.139 e. The van der Waals surface area contributed by atoms with Gasteiger partial charge in [-0.3, -0.25) is 0 Å². The van der Waals surface area contributed by atoms with E-state index in [4.69, 9.17) is 11.6 Å². The number of halogens is 2. The molecule has 2 atom stereocenters. The zero-order valence-electron chi connectivity index (χ0n) is 10.7. The zero-order valence-corrected chi connectivity index (χ0v) is 12.2. The van der Waals surface area contributed by atoms with Gasteiger partial charge in [-0.05, 0) is 30.9 Å². The maximum Gasteiger partial charge on any atom is 0.139 e. The molecule has 1 nitrogen and oxygen atoms in total. The Morgan fingerprint density at radius 3 is 2.89 bits per heavy atom. The van der Waals surface area contributed by atoms with Crippen LogP contribution in [0.15, 0.2) is 24.3 Å². The van der Waals surface area contributed by atoms with Gasteiger partial charge in [-0.15, -0.1) is 0 Å². The summed E-state index contributed by atoms with van der Waals surface area (Å²) in [5.41, 5.74) is 0.943. The van der Waals surface area contributed by atoms with Crippen LogP contribution in [0.1, 0.15) is 25.3 Å². The summed E-state index contributed by atoms with van der Waals surface area (Å²) in [5, 5.41) is 0.752. The van der Waals surface area contributed by atoms with Gasteiger partial charge in [0, 0.05) is 11.5 Å². The highest BCUT2D eigenvalue weighted by atomic mass is 35.5. The van der Waals surface area contributed by atoms with Crippen LogP contribution >= 0.6 is 11.6 Å². The molecule has 0 bridgehead atoms. The van der Waals surface area contributed by atoms with Crippen molar-refractivity contribution in [2.45, 2.75) is 19.8 Å². The number of likely N-dealkylation sites (tertiary alicyclic amines) is 1. The summed E-state index contributed by atoms with van der Waals surface area (Å²) >= 11 is 6.06. The summed E-state index contributed by atoms with van der Waals surface area (Å²) in [6, 6.07) is 7.78. The van der Waals surface area contributed by atoms with Crippen LogP contribution < -0.4 is 17.3 Å². The van der Waals surface area contributed by atoms with E-state index in [1.807, 2.05) is 24.3 Å². The van der Waals surface area contributed by atoms with E-state index in [1.165, 1.54) is 25.9 Å². The fourth-order valence-electron chi connectivity index (χ4n) is 2.39. The molecule has 1 aromatic rings. The molecular weight excluding hydrogens is 265 g/mol. The molecule has 1 aliphatic rings. The van der Waals surface area contributed by atoms with Crippen LogP contribution in [0.4, 0.5) is 0 Å². The number of quaternary nitrogens is 1. The highest BCUT2D eigenvalue weighted by Gasteiger charge is 2.17. The van der Waals surface area contributed by atoms with Gasteiger partial charge in [-0.1, -0.05) is 36.6 Å². The SMILES string of the molecule is CC1CCC[NH+](CC#Cc2ccccc2Cl)C1.[Cl-]. The maximum atomic E-state index is 6.06. The lowest BCUT2D eigenvalue weighted by Gasteiger charge is -2.26. The molecule has 1 N–H and O–H groups in total. The predicted molar refractivity (Wildman–Crippen MR) is 72.3 cm³/mol. The standard InChI is InChI=1S/C15H18ClN.ClH/c1-13-6-4-10-17(12-13)11-5-8-14-7-2-3-9-15(14)16;/h2-3,7,9,13H,4,6,10-12H2,1H3;1H. The van der Waals surface area contributed by atoms with Crippen molar-refractivity contribution >= 4 is 11.6 Å². The normalized spacial score (nSPS) is 22.6. The molecule has 2 rings (SSSR count). The van der Waals surface area contributed by atoms with E-state index in [-0.39, 0.29) is 12.4 Å². The zero-order chi connectivity index (χ0) is 12.1. The molecule has 3 heteroatoms. The Balaban J connectivity index is 0.00000162. The third-order valence-electron chi connectivity index (χ3n) is 3.30. The van der Waals surface area contributed by atoms with E-state index in [0.717, 1.165) is 23.0 Å². The molecule has 0 amide bonds. The molecule has 0 saturated carbocycles. The molecule has 1 saturated heterocycles. The second-order valence-corrected chi connectivity index (χ2v) is 5.32. The second-order valence-electron chi connectivity index (χ2n) is 4.91. The van der Waals surface area contributed by atoms with E-state index in [1.54, 1.807) is 4.90 Å². The van der Waals surface area contributed by atoms with E-state index in [9.17, 15) is 0 Å². The van der Waals surface area contributed by atoms with Crippen LogP contribution in [0, 0.1) is 17.8 Å². The minimum Gasteiger partial charge on any atom is -1.00 e. The summed E-state index contributed by atoms with van der Waals surface area (Å²) in [4.78, 5) is 1.61. The van der Waals surface area contributed by atoms with E-state index < -0.39 is 0 Å². The van der Waals surface area contributed by atoms with Gasteiger partial charge in [-0.25, -0.2) is 0 Å². The van der Waals surface area contributed by atoms with Gasteiger partial charge in [0.1, 0.15) is 6.54 Å². The lowest BCUT2D eigenvalue weighted by Crippen LogP contribution is -3.13. The van der Waals surface area contributed by atoms with Crippen molar-refractivity contribution in [3.05, 3.63) is 34.9 Å². The van der Waals surface area contributed by atoms with Crippen molar-refractivity contribution in [1.82, 2.24) is 0 Å². The quantitative estimate of drug-likeness (QED) is 0.632. The number of hydrogen-bond donors (Lipinski definition) is 1. The Labute approximate surface area is 121 Å². The first-order valence-corrected chi connectivity index (χ1v) is 6.70. The molecule has 1 aliphatic heterocycles. The Morgan fingerprint density at radius 1 is 1.39 bits per heavy atom. The topological polar surface area (TPSA) is 4.44 Å². The Morgan fingerprint density at radius 2 is 2.17 bits per heavy atom. The number of piperidine rings is 1. The summed E-state index contributed by atoms with van der Waals surface area (Å²) in [7, 11) is 0. The Bertz CT molecular complexity index is 434. The minimum atomic E-state index is 0. The van der Waals surface area contributed by atoms with E-state index in [2.05, 4.69) is 18.8 Å². The fourth-order valence-corrected chi connectivity index (χ4v) is 2.57. The number of hydrogen-bond acceptors (Lipinski definition) is 0. The largest absolute Gasteiger partial charge is 1.00 e. The lowest BCUT2D eigenvalue weighted by atomic mass is 10.0. The van der Waals surface area contributed by atoms with Crippen LogP contribution in [-0.4, -0.2) is 19.6 Å². The molecule has 0 aromatic heterocycles. The van der Waals surface area contributed by atoms with Gasteiger partial charge in [-0.2, -0.15) is 0 Å². The second kappa shape index (κ2) is 7.69. The first kappa shape index (κ1) is 15.4. The molecule has 0 aliphatic carbocycles. The predicted octanol–water partition coefficient (Wildman–Crippen LogP) is -0.990. The first-order valence-electron chi connectivity index (χ1n) is 6.32. The molecule has 0 radical (unpaired) electrons. The maximum absolute atomic E-state index is 6.06. The Kier molecular flexibility index (Phi) is 6.57. The van der Waals surface area contributed by atoms with Crippen molar-refractivity contribution in [2.75, 3.05) is 19.6 Å². The van der Waals surface area contributed by atoms with Crippen LogP contribution in [0.2, 0.25) is 5.02 Å². The van der Waals surface area contributed by atoms with E-state index in [0.29, 0.717) is 0 Å². The first-order chi connectivity index (χ1) is 8.25. The monoisotopic (exact) mass is 283 g/mol. The molecule has 98 valence electrons.